The summed E-state index contributed by atoms with van der Waals surface area (Å²) in [6.07, 6.45) is 4.35. The van der Waals surface area contributed by atoms with Crippen molar-refractivity contribution in [3.63, 3.8) is 0 Å². The van der Waals surface area contributed by atoms with Crippen molar-refractivity contribution in [1.82, 2.24) is 4.90 Å². The number of ether oxygens (including phenoxy) is 2. The Morgan fingerprint density at radius 3 is 2.15 bits per heavy atom. The molecule has 0 aliphatic carbocycles. The molecule has 2 aromatic rings. The molecule has 0 amide bonds. The van der Waals surface area contributed by atoms with Crippen LogP contribution in [-0.2, 0) is 12.8 Å². The summed E-state index contributed by atoms with van der Waals surface area (Å²) in [5.41, 5.74) is 2.59. The molecule has 0 aliphatic rings. The van der Waals surface area contributed by atoms with Gasteiger partial charge in [0.15, 0.2) is 11.5 Å². The Kier molecular flexibility index (Phi) is 9.05. The fourth-order valence-electron chi connectivity index (χ4n) is 3.17. The molecule has 0 saturated carbocycles. The monoisotopic (exact) mass is 354 g/mol. The summed E-state index contributed by atoms with van der Waals surface area (Å²) in [6, 6.07) is 16.7. The third kappa shape index (κ3) is 6.72. The van der Waals surface area contributed by atoms with Crippen molar-refractivity contribution in [2.24, 2.45) is 0 Å². The van der Waals surface area contributed by atoms with Gasteiger partial charge in [-0.15, -0.1) is 0 Å². The molecule has 0 aromatic heterocycles. The second-order valence-electron chi connectivity index (χ2n) is 6.66. The van der Waals surface area contributed by atoms with E-state index in [2.05, 4.69) is 55.1 Å². The highest BCUT2D eigenvalue weighted by atomic mass is 16.5. The molecule has 142 valence electrons. The lowest BCUT2D eigenvalue weighted by Crippen LogP contribution is -2.27. The molecule has 3 heteroatoms. The minimum absolute atomic E-state index is 0.654. The molecule has 0 atom stereocenters. The first-order valence-electron chi connectivity index (χ1n) is 9.82. The maximum Gasteiger partial charge on any atom is 0.161 e. The molecule has 0 N–H and O–H groups in total. The van der Waals surface area contributed by atoms with E-state index in [9.17, 15) is 0 Å². The quantitative estimate of drug-likeness (QED) is 0.536. The van der Waals surface area contributed by atoms with Crippen molar-refractivity contribution in [1.29, 1.82) is 0 Å². The minimum atomic E-state index is 0.654. The van der Waals surface area contributed by atoms with Gasteiger partial charge in [0.1, 0.15) is 0 Å². The first kappa shape index (κ1) is 20.3. The predicted octanol–water partition coefficient (Wildman–Crippen LogP) is 4.98. The fraction of sp³-hybridized carbons (Fsp3) is 0.478. The first-order chi connectivity index (χ1) is 12.8. The van der Waals surface area contributed by atoms with Crippen LogP contribution in [0.1, 0.15) is 37.8 Å². The Morgan fingerprint density at radius 1 is 0.769 bits per heavy atom. The molecule has 0 aliphatic heterocycles. The molecular weight excluding hydrogens is 321 g/mol. The van der Waals surface area contributed by atoms with Gasteiger partial charge in [-0.05, 0) is 55.6 Å². The molecule has 0 saturated heterocycles. The van der Waals surface area contributed by atoms with Crippen LogP contribution in [0.4, 0.5) is 0 Å². The van der Waals surface area contributed by atoms with Crippen molar-refractivity contribution in [2.45, 2.75) is 39.5 Å². The van der Waals surface area contributed by atoms with Gasteiger partial charge < -0.3 is 14.4 Å². The van der Waals surface area contributed by atoms with E-state index in [1.807, 2.05) is 12.1 Å². The van der Waals surface area contributed by atoms with Gasteiger partial charge in [0, 0.05) is 13.0 Å². The molecule has 26 heavy (non-hydrogen) atoms. The van der Waals surface area contributed by atoms with Crippen LogP contribution in [0.3, 0.4) is 0 Å². The lowest BCUT2D eigenvalue weighted by Gasteiger charge is -2.21. The smallest absolute Gasteiger partial charge is 0.161 e. The van der Waals surface area contributed by atoms with E-state index in [0.717, 1.165) is 30.9 Å². The van der Waals surface area contributed by atoms with E-state index in [1.165, 1.54) is 37.1 Å². The Hall–Kier alpha value is -2.00. The number of methoxy groups -OCH3 is 1. The Balaban J connectivity index is 1.93. The van der Waals surface area contributed by atoms with Crippen molar-refractivity contribution < 1.29 is 9.47 Å². The fourth-order valence-corrected chi connectivity index (χ4v) is 3.17. The highest BCUT2D eigenvalue weighted by molar-refractivity contribution is 5.43. The van der Waals surface area contributed by atoms with Gasteiger partial charge in [-0.1, -0.05) is 50.2 Å². The normalized spacial score (nSPS) is 10.9. The van der Waals surface area contributed by atoms with Gasteiger partial charge in [0.25, 0.3) is 0 Å². The van der Waals surface area contributed by atoms with Crippen LogP contribution >= 0.6 is 0 Å². The molecule has 0 spiro atoms. The Labute approximate surface area is 158 Å². The van der Waals surface area contributed by atoms with Gasteiger partial charge in [0.05, 0.1) is 13.7 Å². The van der Waals surface area contributed by atoms with Crippen LogP contribution < -0.4 is 9.47 Å². The molecule has 2 aromatic carbocycles. The highest BCUT2D eigenvalue weighted by Gasteiger charge is 2.08. The number of rotatable bonds is 12. The van der Waals surface area contributed by atoms with E-state index in [-0.39, 0.29) is 0 Å². The Bertz CT molecular complexity index is 621. The summed E-state index contributed by atoms with van der Waals surface area (Å²) >= 11 is 0. The second-order valence-corrected chi connectivity index (χ2v) is 6.66. The van der Waals surface area contributed by atoms with E-state index in [4.69, 9.17) is 9.47 Å². The van der Waals surface area contributed by atoms with E-state index in [0.29, 0.717) is 6.61 Å². The highest BCUT2D eigenvalue weighted by Crippen LogP contribution is 2.28. The van der Waals surface area contributed by atoms with Crippen LogP contribution in [0.5, 0.6) is 11.5 Å². The van der Waals surface area contributed by atoms with Gasteiger partial charge in [-0.25, -0.2) is 0 Å². The average molecular weight is 355 g/mol. The van der Waals surface area contributed by atoms with E-state index in [1.54, 1.807) is 7.11 Å². The van der Waals surface area contributed by atoms with Crippen LogP contribution in [0.15, 0.2) is 48.5 Å². The molecule has 0 fully saturated rings. The largest absolute Gasteiger partial charge is 0.493 e. The van der Waals surface area contributed by atoms with Gasteiger partial charge in [-0.3, -0.25) is 0 Å². The zero-order valence-corrected chi connectivity index (χ0v) is 16.5. The molecule has 0 bridgehead atoms. The lowest BCUT2D eigenvalue weighted by molar-refractivity contribution is 0.277. The van der Waals surface area contributed by atoms with Crippen LogP contribution in [0, 0.1) is 0 Å². The number of benzene rings is 2. The van der Waals surface area contributed by atoms with Crippen molar-refractivity contribution in [3.8, 4) is 11.5 Å². The number of hydrogen-bond donors (Lipinski definition) is 0. The van der Waals surface area contributed by atoms with E-state index >= 15 is 0 Å². The third-order valence-electron chi connectivity index (χ3n) is 4.52. The summed E-state index contributed by atoms with van der Waals surface area (Å²) in [4.78, 5) is 2.54. The molecule has 0 unspecified atom stereocenters. The predicted molar refractivity (Wildman–Crippen MR) is 109 cm³/mol. The zero-order chi connectivity index (χ0) is 18.6. The zero-order valence-electron chi connectivity index (χ0n) is 16.5. The number of hydrogen-bond acceptors (Lipinski definition) is 3. The topological polar surface area (TPSA) is 21.7 Å². The van der Waals surface area contributed by atoms with Crippen LogP contribution in [0.2, 0.25) is 0 Å². The van der Waals surface area contributed by atoms with Crippen molar-refractivity contribution in [3.05, 3.63) is 59.7 Å². The SMILES string of the molecule is CCCN(CCC)CCc1ccc(O[11CH3])c(OCCc2ccccc2)c1. The summed E-state index contributed by atoms with van der Waals surface area (Å²) < 4.78 is 11.5. The van der Waals surface area contributed by atoms with Gasteiger partial charge >= 0.3 is 0 Å². The first-order valence-corrected chi connectivity index (χ1v) is 9.82. The summed E-state index contributed by atoms with van der Waals surface area (Å²) in [6.45, 7) is 8.58. The number of nitrogens with zero attached hydrogens (tertiary/aromatic N) is 1. The maximum absolute atomic E-state index is 6.04. The average Bonchev–Trinajstić information content (AvgIpc) is 2.67. The van der Waals surface area contributed by atoms with Crippen LogP contribution in [0.25, 0.3) is 0 Å². The van der Waals surface area contributed by atoms with Crippen molar-refractivity contribution >= 4 is 0 Å². The molecular formula is C23H33NO2. The summed E-state index contributed by atoms with van der Waals surface area (Å²) in [5, 5.41) is 0. The summed E-state index contributed by atoms with van der Waals surface area (Å²) in [7, 11) is 1.70. The minimum Gasteiger partial charge on any atom is -0.493 e. The standard InChI is InChI=1S/C23H33NO2/c1-4-15-24(16-5-2)17-13-21-11-12-22(25-3)23(19-21)26-18-14-20-9-7-6-8-10-20/h6-12,19H,4-5,13-18H2,1-3H3/i3-1. The van der Waals surface area contributed by atoms with Crippen molar-refractivity contribution in [2.75, 3.05) is 33.4 Å². The second kappa shape index (κ2) is 11.6. The third-order valence-corrected chi connectivity index (χ3v) is 4.52. The summed E-state index contributed by atoms with van der Waals surface area (Å²) in [5.74, 6) is 1.65. The molecule has 0 heterocycles. The molecule has 3 nitrogen and oxygen atoms in total. The maximum atomic E-state index is 6.04. The lowest BCUT2D eigenvalue weighted by atomic mass is 10.1. The molecule has 2 rings (SSSR count). The Morgan fingerprint density at radius 2 is 1.50 bits per heavy atom. The van der Waals surface area contributed by atoms with Gasteiger partial charge in [-0.2, -0.15) is 0 Å². The van der Waals surface area contributed by atoms with Gasteiger partial charge in [0.2, 0.25) is 0 Å². The molecule has 0 radical (unpaired) electrons. The van der Waals surface area contributed by atoms with E-state index < -0.39 is 0 Å². The van der Waals surface area contributed by atoms with Crippen LogP contribution in [-0.4, -0.2) is 38.3 Å².